The van der Waals surface area contributed by atoms with Crippen molar-refractivity contribution in [2.75, 3.05) is 6.61 Å². The van der Waals surface area contributed by atoms with E-state index in [1.54, 1.807) is 0 Å². The predicted molar refractivity (Wildman–Crippen MR) is 62.9 cm³/mol. The first-order valence-corrected chi connectivity index (χ1v) is 5.40. The quantitative estimate of drug-likeness (QED) is 0.627. The van der Waals surface area contributed by atoms with Crippen molar-refractivity contribution >= 4 is 5.91 Å². The van der Waals surface area contributed by atoms with Crippen molar-refractivity contribution in [1.82, 2.24) is 5.32 Å². The zero-order valence-corrected chi connectivity index (χ0v) is 9.84. The molecule has 0 aliphatic rings. The lowest BCUT2D eigenvalue weighted by Crippen LogP contribution is -2.41. The second-order valence-electron chi connectivity index (χ2n) is 4.18. The molecule has 0 saturated heterocycles. The molecule has 0 aromatic heterocycles. The highest BCUT2D eigenvalue weighted by Crippen LogP contribution is 2.26. The van der Waals surface area contributed by atoms with E-state index in [0.29, 0.717) is 0 Å². The van der Waals surface area contributed by atoms with Crippen LogP contribution in [-0.2, 0) is 0 Å². The fourth-order valence-corrected chi connectivity index (χ4v) is 1.42. The molecule has 0 bridgehead atoms. The first-order chi connectivity index (χ1) is 7.97. The molecule has 17 heavy (non-hydrogen) atoms. The highest BCUT2D eigenvalue weighted by molar-refractivity contribution is 5.99. The lowest BCUT2D eigenvalue weighted by molar-refractivity contribution is 0.0891. The van der Waals surface area contributed by atoms with E-state index in [1.807, 2.05) is 13.8 Å². The predicted octanol–water partition coefficient (Wildman–Crippen LogP) is 0.844. The van der Waals surface area contributed by atoms with E-state index in [-0.39, 0.29) is 29.6 Å². The summed E-state index contributed by atoms with van der Waals surface area (Å²) in [7, 11) is 0. The van der Waals surface area contributed by atoms with Gasteiger partial charge in [0.25, 0.3) is 5.91 Å². The smallest absolute Gasteiger partial charge is 0.259 e. The summed E-state index contributed by atoms with van der Waals surface area (Å²) in [5, 5.41) is 30.7. The summed E-state index contributed by atoms with van der Waals surface area (Å²) in [6, 6.07) is 3.66. The van der Waals surface area contributed by atoms with Gasteiger partial charge in [-0.1, -0.05) is 19.9 Å². The number of amides is 1. The molecule has 5 nitrogen and oxygen atoms in total. The molecular formula is C12H17NO4. The molecule has 94 valence electrons. The van der Waals surface area contributed by atoms with Crippen LogP contribution >= 0.6 is 0 Å². The van der Waals surface area contributed by atoms with Gasteiger partial charge in [0.2, 0.25) is 0 Å². The van der Waals surface area contributed by atoms with Crippen LogP contribution in [0, 0.1) is 5.92 Å². The van der Waals surface area contributed by atoms with Crippen LogP contribution in [0.2, 0.25) is 0 Å². The molecule has 1 amide bonds. The average molecular weight is 239 g/mol. The Kier molecular flexibility index (Phi) is 4.34. The molecule has 1 aromatic rings. The second-order valence-corrected chi connectivity index (χ2v) is 4.18. The van der Waals surface area contributed by atoms with Gasteiger partial charge in [-0.2, -0.15) is 0 Å². The number of hydrogen-bond donors (Lipinski definition) is 4. The van der Waals surface area contributed by atoms with Crippen molar-refractivity contribution < 1.29 is 20.1 Å². The van der Waals surface area contributed by atoms with Crippen LogP contribution in [0.5, 0.6) is 11.5 Å². The second kappa shape index (κ2) is 5.54. The van der Waals surface area contributed by atoms with E-state index in [9.17, 15) is 15.0 Å². The van der Waals surface area contributed by atoms with Gasteiger partial charge in [-0.3, -0.25) is 4.79 Å². The topological polar surface area (TPSA) is 89.8 Å². The van der Waals surface area contributed by atoms with Gasteiger partial charge in [-0.05, 0) is 18.1 Å². The Morgan fingerprint density at radius 3 is 2.24 bits per heavy atom. The van der Waals surface area contributed by atoms with Crippen molar-refractivity contribution in [3.63, 3.8) is 0 Å². The van der Waals surface area contributed by atoms with Crippen LogP contribution in [0.25, 0.3) is 0 Å². The summed E-state index contributed by atoms with van der Waals surface area (Å²) in [4.78, 5) is 11.8. The molecular weight excluding hydrogens is 222 g/mol. The fraction of sp³-hybridized carbons (Fsp3) is 0.417. The zero-order valence-electron chi connectivity index (χ0n) is 9.84. The molecule has 0 spiro atoms. The number of benzene rings is 1. The molecule has 0 aliphatic heterocycles. The van der Waals surface area contributed by atoms with Crippen LogP contribution in [0.4, 0.5) is 0 Å². The van der Waals surface area contributed by atoms with Crippen molar-refractivity contribution in [2.45, 2.75) is 19.9 Å². The molecule has 0 fully saturated rings. The minimum absolute atomic E-state index is 0.0527. The SMILES string of the molecule is CC(C)C(CO)NC(=O)c1c(O)cccc1O. The Bertz CT molecular complexity index is 383. The molecule has 5 heteroatoms. The molecule has 0 saturated carbocycles. The number of rotatable bonds is 4. The third-order valence-corrected chi connectivity index (χ3v) is 2.57. The number of hydrogen-bond acceptors (Lipinski definition) is 4. The minimum atomic E-state index is -0.603. The largest absolute Gasteiger partial charge is 0.507 e. The Labute approximate surface area is 99.7 Å². The minimum Gasteiger partial charge on any atom is -0.507 e. The lowest BCUT2D eigenvalue weighted by Gasteiger charge is -2.20. The fourth-order valence-electron chi connectivity index (χ4n) is 1.42. The lowest BCUT2D eigenvalue weighted by atomic mass is 10.0. The number of carbonyl (C=O) groups excluding carboxylic acids is 1. The first kappa shape index (κ1) is 13.3. The summed E-state index contributed by atoms with van der Waals surface area (Å²) in [5.41, 5.74) is -0.174. The summed E-state index contributed by atoms with van der Waals surface area (Å²) in [6.45, 7) is 3.51. The van der Waals surface area contributed by atoms with Crippen LogP contribution < -0.4 is 5.32 Å². The van der Waals surface area contributed by atoms with E-state index >= 15 is 0 Å². The van der Waals surface area contributed by atoms with Gasteiger partial charge >= 0.3 is 0 Å². The van der Waals surface area contributed by atoms with E-state index in [4.69, 9.17) is 5.11 Å². The highest BCUT2D eigenvalue weighted by atomic mass is 16.3. The third kappa shape index (κ3) is 3.10. The van der Waals surface area contributed by atoms with Crippen molar-refractivity contribution in [3.8, 4) is 11.5 Å². The van der Waals surface area contributed by atoms with Gasteiger partial charge in [-0.15, -0.1) is 0 Å². The average Bonchev–Trinajstić information content (AvgIpc) is 2.25. The van der Waals surface area contributed by atoms with Crippen LogP contribution in [0.15, 0.2) is 18.2 Å². The maximum atomic E-state index is 11.8. The normalized spacial score (nSPS) is 12.5. The number of aliphatic hydroxyl groups is 1. The molecule has 1 rings (SSSR count). The van der Waals surface area contributed by atoms with Gasteiger partial charge in [-0.25, -0.2) is 0 Å². The highest BCUT2D eigenvalue weighted by Gasteiger charge is 2.20. The monoisotopic (exact) mass is 239 g/mol. The van der Waals surface area contributed by atoms with Gasteiger partial charge in [0.1, 0.15) is 17.1 Å². The summed E-state index contributed by atoms with van der Waals surface area (Å²) < 4.78 is 0. The van der Waals surface area contributed by atoms with Crippen molar-refractivity contribution in [3.05, 3.63) is 23.8 Å². The van der Waals surface area contributed by atoms with Crippen LogP contribution in [0.1, 0.15) is 24.2 Å². The maximum Gasteiger partial charge on any atom is 0.259 e. The molecule has 1 unspecified atom stereocenters. The summed E-state index contributed by atoms with van der Waals surface area (Å²) >= 11 is 0. The van der Waals surface area contributed by atoms with Crippen molar-refractivity contribution in [1.29, 1.82) is 0 Å². The molecule has 0 aliphatic carbocycles. The zero-order chi connectivity index (χ0) is 13.0. The maximum absolute atomic E-state index is 11.8. The molecule has 0 radical (unpaired) electrons. The Hall–Kier alpha value is -1.75. The third-order valence-electron chi connectivity index (χ3n) is 2.57. The number of aromatic hydroxyl groups is 2. The summed E-state index contributed by atoms with van der Waals surface area (Å²) in [6.07, 6.45) is 0. The Morgan fingerprint density at radius 2 is 1.82 bits per heavy atom. The number of nitrogens with one attached hydrogen (secondary N) is 1. The van der Waals surface area contributed by atoms with Gasteiger partial charge in [0.05, 0.1) is 12.6 Å². The van der Waals surface area contributed by atoms with Gasteiger partial charge in [0, 0.05) is 0 Å². The van der Waals surface area contributed by atoms with Gasteiger partial charge in [0.15, 0.2) is 0 Å². The number of phenolic OH excluding ortho intramolecular Hbond substituents is 2. The molecule has 1 atom stereocenters. The van der Waals surface area contributed by atoms with Crippen molar-refractivity contribution in [2.24, 2.45) is 5.92 Å². The Balaban J connectivity index is 2.90. The first-order valence-electron chi connectivity index (χ1n) is 5.40. The van der Waals surface area contributed by atoms with E-state index < -0.39 is 11.9 Å². The summed E-state index contributed by atoms with van der Waals surface area (Å²) in [5.74, 6) is -1.13. The standard InChI is InChI=1S/C12H17NO4/c1-7(2)8(6-14)13-12(17)11-9(15)4-3-5-10(11)16/h3-5,7-8,14-16H,6H2,1-2H3,(H,13,17). The van der Waals surface area contributed by atoms with Gasteiger partial charge < -0.3 is 20.6 Å². The van der Waals surface area contributed by atoms with Crippen LogP contribution in [-0.4, -0.2) is 33.9 Å². The molecule has 1 aromatic carbocycles. The number of phenols is 2. The van der Waals surface area contributed by atoms with E-state index in [0.717, 1.165) is 0 Å². The molecule has 0 heterocycles. The Morgan fingerprint density at radius 1 is 1.29 bits per heavy atom. The van der Waals surface area contributed by atoms with Crippen LogP contribution in [0.3, 0.4) is 0 Å². The number of aliphatic hydroxyl groups excluding tert-OH is 1. The molecule has 4 N–H and O–H groups in total. The van der Waals surface area contributed by atoms with E-state index in [2.05, 4.69) is 5.32 Å². The number of carbonyl (C=O) groups is 1. The van der Waals surface area contributed by atoms with E-state index in [1.165, 1.54) is 18.2 Å².